The predicted molar refractivity (Wildman–Crippen MR) is 250 cm³/mol. The molecule has 1 aliphatic carbocycles. The minimum absolute atomic E-state index is 0.0343. The van der Waals surface area contributed by atoms with Crippen LogP contribution in [0.2, 0.25) is 0 Å². The highest BCUT2D eigenvalue weighted by Gasteiger charge is 2.74. The molecule has 4 aliphatic heterocycles. The van der Waals surface area contributed by atoms with Crippen molar-refractivity contribution in [1.29, 1.82) is 0 Å². The molecule has 0 radical (unpaired) electrons. The topological polar surface area (TPSA) is 147 Å². The van der Waals surface area contributed by atoms with Crippen LogP contribution in [0.3, 0.4) is 0 Å². The number of hydrogen-bond donors (Lipinski definition) is 3. The first kappa shape index (κ1) is 44.2. The summed E-state index contributed by atoms with van der Waals surface area (Å²) in [5.74, 6) is 5.33. The van der Waals surface area contributed by atoms with Crippen LogP contribution < -0.4 is 19.5 Å². The van der Waals surface area contributed by atoms with E-state index in [9.17, 15) is 10.2 Å². The highest BCUT2D eigenvalue weighted by atomic mass is 16.6. The number of esters is 1. The number of nitrogens with zero attached hydrogens (tertiary/aromatic N) is 2. The third-order valence-corrected chi connectivity index (χ3v) is 14.5. The highest BCUT2D eigenvalue weighted by Crippen LogP contribution is 2.65. The van der Waals surface area contributed by atoms with Crippen LogP contribution in [0, 0.1) is 17.8 Å². The highest BCUT2D eigenvalue weighted by molar-refractivity contribution is 6.12. The Labute approximate surface area is 390 Å². The van der Waals surface area contributed by atoms with Gasteiger partial charge in [0, 0.05) is 24.3 Å². The SMILES string of the molecule is COc1cc2c(cc1OC)CN(C(=O)C1C3C(=O)OC(c4ccccc4)C(c4ccccc4)N3C(c3cccc(OCCO)c3)C13C(=O)Nc1ccc(C#CC4(O)CCCCCC4)cc13)CC2. The van der Waals surface area contributed by atoms with Gasteiger partial charge in [0.25, 0.3) is 0 Å². The zero-order chi connectivity index (χ0) is 46.3. The molecule has 2 amide bonds. The zero-order valence-electron chi connectivity index (χ0n) is 37.8. The molecule has 3 fully saturated rings. The molecule has 3 N–H and O–H groups in total. The lowest BCUT2D eigenvalue weighted by Gasteiger charge is -2.46. The van der Waals surface area contributed by atoms with E-state index in [1.807, 2.05) is 109 Å². The van der Waals surface area contributed by atoms with Gasteiger partial charge < -0.3 is 39.4 Å². The Morgan fingerprint density at radius 3 is 2.19 bits per heavy atom. The number of rotatable bonds is 9. The monoisotopic (exact) mass is 901 g/mol. The molecule has 5 aromatic carbocycles. The van der Waals surface area contributed by atoms with Crippen LogP contribution in [0.1, 0.15) is 95.7 Å². The maximum Gasteiger partial charge on any atom is 0.324 e. The first-order valence-electron chi connectivity index (χ1n) is 23.3. The van der Waals surface area contributed by atoms with Gasteiger partial charge in [-0.25, -0.2) is 0 Å². The Morgan fingerprint density at radius 2 is 1.49 bits per heavy atom. The van der Waals surface area contributed by atoms with Gasteiger partial charge in [-0.05, 0) is 108 Å². The molecule has 1 saturated carbocycles. The Morgan fingerprint density at radius 1 is 0.806 bits per heavy atom. The molecule has 0 bridgehead atoms. The van der Waals surface area contributed by atoms with Gasteiger partial charge in [-0.15, -0.1) is 0 Å². The standard InChI is InChI=1S/C55H55N3O9/c1-64-44-32-38-23-27-57(34-40(38)33-45(44)65-2)51(60)46-48-52(61)67-49(37-16-9-6-10-17-37)47(36-14-7-5-8-15-36)58(48)50(39-18-13-19-41(31-39)66-29-28-59)55(46)42-30-35(20-21-43(42)56-53(55)62)22-26-54(63)24-11-3-4-12-25-54/h5-10,13-21,30-33,46-50,59,63H,3-4,11-12,23-25,27-29,34H2,1-2H3,(H,56,62). The molecular formula is C55H55N3O9. The van der Waals surface area contributed by atoms with Crippen molar-refractivity contribution in [3.63, 3.8) is 0 Å². The summed E-state index contributed by atoms with van der Waals surface area (Å²) in [6.07, 6.45) is 4.66. The maximum absolute atomic E-state index is 16.2. The molecule has 12 heteroatoms. The van der Waals surface area contributed by atoms with E-state index >= 15 is 14.4 Å². The minimum Gasteiger partial charge on any atom is -0.493 e. The largest absolute Gasteiger partial charge is 0.493 e. The maximum atomic E-state index is 16.2. The Hall–Kier alpha value is -6.65. The number of fused-ring (bicyclic) bond motifs is 4. The minimum atomic E-state index is -1.75. The molecule has 5 aliphatic rings. The fourth-order valence-electron chi connectivity index (χ4n) is 11.5. The summed E-state index contributed by atoms with van der Waals surface area (Å²) in [6, 6.07) is 33.2. The second-order valence-corrected chi connectivity index (χ2v) is 18.3. The van der Waals surface area contributed by atoms with Crippen molar-refractivity contribution < 1.29 is 43.5 Å². The number of cyclic esters (lactones) is 1. The van der Waals surface area contributed by atoms with Crippen molar-refractivity contribution in [2.45, 2.75) is 86.7 Å². The number of anilines is 1. The molecule has 1 spiro atoms. The van der Waals surface area contributed by atoms with Gasteiger partial charge in [-0.2, -0.15) is 0 Å². The molecule has 6 atom stereocenters. The third kappa shape index (κ3) is 7.78. The quantitative estimate of drug-likeness (QED) is 0.0779. The van der Waals surface area contributed by atoms with E-state index in [4.69, 9.17) is 18.9 Å². The van der Waals surface area contributed by atoms with E-state index in [-0.39, 0.29) is 25.7 Å². The Balaban J connectivity index is 1.22. The van der Waals surface area contributed by atoms with Gasteiger partial charge in [0.05, 0.1) is 38.8 Å². The number of aliphatic hydroxyl groups excluding tert-OH is 1. The Kier molecular flexibility index (Phi) is 12.0. The summed E-state index contributed by atoms with van der Waals surface area (Å²) in [5.41, 5.74) is 2.79. The van der Waals surface area contributed by atoms with E-state index in [0.717, 1.165) is 47.9 Å². The van der Waals surface area contributed by atoms with E-state index in [0.29, 0.717) is 65.4 Å². The first-order chi connectivity index (χ1) is 32.7. The molecule has 0 aromatic heterocycles. The fourth-order valence-corrected chi connectivity index (χ4v) is 11.5. The van der Waals surface area contributed by atoms with Crippen molar-refractivity contribution in [2.24, 2.45) is 5.92 Å². The number of methoxy groups -OCH3 is 2. The van der Waals surface area contributed by atoms with Gasteiger partial charge in [0.15, 0.2) is 11.5 Å². The van der Waals surface area contributed by atoms with Crippen molar-refractivity contribution in [2.75, 3.05) is 39.3 Å². The molecule has 5 aromatic rings. The van der Waals surface area contributed by atoms with E-state index in [1.54, 1.807) is 25.2 Å². The summed E-state index contributed by atoms with van der Waals surface area (Å²) in [7, 11) is 3.16. The molecule has 6 unspecified atom stereocenters. The van der Waals surface area contributed by atoms with Crippen LogP contribution in [0.5, 0.6) is 17.2 Å². The number of ether oxygens (including phenoxy) is 4. The number of hydrogen-bond acceptors (Lipinski definition) is 10. The van der Waals surface area contributed by atoms with Crippen LogP contribution in [0.25, 0.3) is 0 Å². The van der Waals surface area contributed by atoms with Crippen LogP contribution in [-0.2, 0) is 37.5 Å². The van der Waals surface area contributed by atoms with Crippen LogP contribution >= 0.6 is 0 Å². The average Bonchev–Trinajstić information content (AvgIpc) is 3.73. The number of nitrogens with one attached hydrogen (secondary N) is 1. The lowest BCUT2D eigenvalue weighted by molar-refractivity contribution is -0.179. The molecule has 2 saturated heterocycles. The molecule has 344 valence electrons. The molecule has 4 heterocycles. The third-order valence-electron chi connectivity index (χ3n) is 14.5. The number of morpholine rings is 1. The summed E-state index contributed by atoms with van der Waals surface area (Å²) < 4.78 is 24.0. The fraction of sp³-hybridized carbons (Fsp3) is 0.364. The summed E-state index contributed by atoms with van der Waals surface area (Å²) in [4.78, 5) is 51.3. The number of benzene rings is 5. The van der Waals surface area contributed by atoms with E-state index in [2.05, 4.69) is 22.1 Å². The average molecular weight is 902 g/mol. The smallest absolute Gasteiger partial charge is 0.324 e. The van der Waals surface area contributed by atoms with Crippen molar-refractivity contribution in [3.8, 4) is 29.1 Å². The van der Waals surface area contributed by atoms with Crippen molar-refractivity contribution in [1.82, 2.24) is 9.80 Å². The van der Waals surface area contributed by atoms with Gasteiger partial charge in [0.1, 0.15) is 35.5 Å². The second-order valence-electron chi connectivity index (χ2n) is 18.3. The number of aliphatic hydroxyl groups is 2. The summed E-state index contributed by atoms with van der Waals surface area (Å²) in [5, 5.41) is 24.7. The van der Waals surface area contributed by atoms with Gasteiger partial charge in [0.2, 0.25) is 11.8 Å². The lowest BCUT2D eigenvalue weighted by atomic mass is 9.64. The summed E-state index contributed by atoms with van der Waals surface area (Å²) in [6.45, 7) is 0.339. The lowest BCUT2D eigenvalue weighted by Crippen LogP contribution is -2.56. The Bertz CT molecular complexity index is 2740. The first-order valence-corrected chi connectivity index (χ1v) is 23.3. The van der Waals surface area contributed by atoms with Crippen LogP contribution in [-0.4, -0.2) is 83.4 Å². The number of carbonyl (C=O) groups excluding carboxylic acids is 3. The molecule has 12 nitrogen and oxygen atoms in total. The van der Waals surface area contributed by atoms with Crippen LogP contribution in [0.4, 0.5) is 5.69 Å². The van der Waals surface area contributed by atoms with Crippen molar-refractivity contribution in [3.05, 3.63) is 154 Å². The number of carbonyl (C=O) groups is 3. The zero-order valence-corrected chi connectivity index (χ0v) is 37.8. The molecular weight excluding hydrogens is 847 g/mol. The summed E-state index contributed by atoms with van der Waals surface area (Å²) >= 11 is 0. The molecule has 67 heavy (non-hydrogen) atoms. The predicted octanol–water partition coefficient (Wildman–Crippen LogP) is 7.37. The normalized spacial score (nSPS) is 25.1. The van der Waals surface area contributed by atoms with Gasteiger partial charge in [-0.3, -0.25) is 19.3 Å². The second kappa shape index (κ2) is 18.2. The van der Waals surface area contributed by atoms with Crippen LogP contribution in [0.15, 0.2) is 115 Å². The number of amides is 2. The van der Waals surface area contributed by atoms with Gasteiger partial charge >= 0.3 is 5.97 Å². The van der Waals surface area contributed by atoms with Gasteiger partial charge in [-0.1, -0.05) is 97.5 Å². The van der Waals surface area contributed by atoms with Crippen molar-refractivity contribution >= 4 is 23.5 Å². The van der Waals surface area contributed by atoms with E-state index < -0.39 is 53.0 Å². The van der Waals surface area contributed by atoms with E-state index in [1.165, 1.54) is 0 Å². The molecule has 10 rings (SSSR count).